The Morgan fingerprint density at radius 2 is 1.67 bits per heavy atom. The zero-order valence-corrected chi connectivity index (χ0v) is 13.9. The van der Waals surface area contributed by atoms with E-state index in [1.807, 2.05) is 0 Å². The molecule has 1 nitrogen and oxygen atoms in total. The number of hydrogen-bond acceptors (Lipinski definition) is 1. The summed E-state index contributed by atoms with van der Waals surface area (Å²) in [7, 11) is 0. The lowest BCUT2D eigenvalue weighted by atomic mass is 9.67. The highest BCUT2D eigenvalue weighted by molar-refractivity contribution is 5.09. The summed E-state index contributed by atoms with van der Waals surface area (Å²) in [6.07, 6.45) is 5.39. The largest absolute Gasteiger partial charge is 0.366 e. The van der Waals surface area contributed by atoms with Crippen LogP contribution in [0.25, 0.3) is 0 Å². The first-order chi connectivity index (χ1) is 8.16. The summed E-state index contributed by atoms with van der Waals surface area (Å²) in [5, 5.41) is 0. The fraction of sp³-hybridized carbons (Fsp3) is 1.00. The maximum atomic E-state index is 6.15. The molecule has 0 N–H and O–H groups in total. The summed E-state index contributed by atoms with van der Waals surface area (Å²) in [4.78, 5) is 0. The third-order valence-electron chi connectivity index (χ3n) is 6.43. The average Bonchev–Trinajstić information content (AvgIpc) is 3.00. The lowest BCUT2D eigenvalue weighted by Gasteiger charge is -2.35. The van der Waals surface area contributed by atoms with Crippen LogP contribution >= 0.6 is 0 Å². The number of epoxide rings is 1. The van der Waals surface area contributed by atoms with Gasteiger partial charge in [0.05, 0.1) is 11.7 Å². The highest BCUT2D eigenvalue weighted by atomic mass is 16.6. The van der Waals surface area contributed by atoms with Crippen molar-refractivity contribution in [2.75, 3.05) is 0 Å². The van der Waals surface area contributed by atoms with E-state index in [9.17, 15) is 0 Å². The van der Waals surface area contributed by atoms with Crippen molar-refractivity contribution < 1.29 is 4.74 Å². The minimum Gasteiger partial charge on any atom is -0.366 e. The second kappa shape index (κ2) is 5.15. The van der Waals surface area contributed by atoms with Gasteiger partial charge < -0.3 is 4.74 Å². The molecule has 18 heavy (non-hydrogen) atoms. The molecule has 0 saturated carbocycles. The Hall–Kier alpha value is -0.0400. The van der Waals surface area contributed by atoms with E-state index >= 15 is 0 Å². The van der Waals surface area contributed by atoms with Gasteiger partial charge in [0.25, 0.3) is 0 Å². The van der Waals surface area contributed by atoms with Crippen LogP contribution in [0.2, 0.25) is 0 Å². The van der Waals surface area contributed by atoms with Crippen molar-refractivity contribution in [1.82, 2.24) is 0 Å². The van der Waals surface area contributed by atoms with Crippen molar-refractivity contribution in [3.63, 3.8) is 0 Å². The van der Waals surface area contributed by atoms with Crippen LogP contribution < -0.4 is 0 Å². The molecule has 0 aromatic heterocycles. The minimum absolute atomic E-state index is 0.103. The number of hydrogen-bond donors (Lipinski definition) is 0. The molecule has 0 amide bonds. The van der Waals surface area contributed by atoms with Gasteiger partial charge >= 0.3 is 0 Å². The summed E-state index contributed by atoms with van der Waals surface area (Å²) < 4.78 is 6.15. The molecule has 1 saturated heterocycles. The number of ether oxygens (including phenoxy) is 1. The van der Waals surface area contributed by atoms with Gasteiger partial charge in [-0.15, -0.1) is 0 Å². The normalized spacial score (nSPS) is 33.0. The molecule has 0 radical (unpaired) electrons. The van der Waals surface area contributed by atoms with Gasteiger partial charge in [0, 0.05) is 0 Å². The summed E-state index contributed by atoms with van der Waals surface area (Å²) in [6, 6.07) is 0. The predicted molar refractivity (Wildman–Crippen MR) is 79.8 cm³/mol. The molecular weight excluding hydrogens is 220 g/mol. The molecule has 4 atom stereocenters. The van der Waals surface area contributed by atoms with Crippen LogP contribution in [0.15, 0.2) is 0 Å². The zero-order valence-electron chi connectivity index (χ0n) is 13.9. The first kappa shape index (κ1) is 16.0. The van der Waals surface area contributed by atoms with Crippen LogP contribution in [0.4, 0.5) is 0 Å². The summed E-state index contributed by atoms with van der Waals surface area (Å²) in [5.41, 5.74) is 0.828. The molecule has 0 aromatic carbocycles. The van der Waals surface area contributed by atoms with Crippen molar-refractivity contribution in [1.29, 1.82) is 0 Å². The molecule has 1 heteroatoms. The maximum absolute atomic E-state index is 6.15. The van der Waals surface area contributed by atoms with E-state index in [1.165, 1.54) is 25.7 Å². The monoisotopic (exact) mass is 254 g/mol. The van der Waals surface area contributed by atoms with E-state index in [1.54, 1.807) is 0 Å². The van der Waals surface area contributed by atoms with Gasteiger partial charge in [0.1, 0.15) is 0 Å². The number of rotatable bonds is 7. The van der Waals surface area contributed by atoms with Gasteiger partial charge in [-0.2, -0.15) is 0 Å². The van der Waals surface area contributed by atoms with E-state index in [-0.39, 0.29) is 5.60 Å². The molecule has 0 aromatic rings. The Labute approximate surface area is 115 Å². The van der Waals surface area contributed by atoms with Crippen molar-refractivity contribution in [2.45, 2.75) is 92.8 Å². The first-order valence-corrected chi connectivity index (χ1v) is 7.84. The Morgan fingerprint density at radius 3 is 2.06 bits per heavy atom. The molecule has 0 spiro atoms. The second-order valence-electron chi connectivity index (χ2n) is 7.47. The maximum Gasteiger partial charge on any atom is 0.0971 e. The fourth-order valence-corrected chi connectivity index (χ4v) is 3.05. The lowest BCUT2D eigenvalue weighted by molar-refractivity contribution is 0.143. The van der Waals surface area contributed by atoms with Gasteiger partial charge in [-0.25, -0.2) is 0 Å². The molecule has 1 heterocycles. The standard InChI is InChI=1S/C17H34O/c1-9-13(4)16(7,11-3)12-14-17(8,18-14)15(5,6)10-2/h13-14H,9-12H2,1-8H3/t13-,14?,16+,17?/m1/s1. The zero-order chi connectivity index (χ0) is 14.2. The Balaban J connectivity index is 2.71. The summed E-state index contributed by atoms with van der Waals surface area (Å²) >= 11 is 0. The summed E-state index contributed by atoms with van der Waals surface area (Å²) in [5.74, 6) is 0.778. The predicted octanol–water partition coefficient (Wildman–Crippen LogP) is 5.43. The molecule has 1 fully saturated rings. The highest BCUT2D eigenvalue weighted by Crippen LogP contribution is 2.56. The highest BCUT2D eigenvalue weighted by Gasteiger charge is 2.61. The second-order valence-corrected chi connectivity index (χ2v) is 7.47. The average molecular weight is 254 g/mol. The van der Waals surface area contributed by atoms with Crippen molar-refractivity contribution >= 4 is 0 Å². The first-order valence-electron chi connectivity index (χ1n) is 7.84. The van der Waals surface area contributed by atoms with Crippen molar-refractivity contribution in [3.05, 3.63) is 0 Å². The van der Waals surface area contributed by atoms with Crippen LogP contribution in [-0.2, 0) is 4.74 Å². The van der Waals surface area contributed by atoms with Crippen molar-refractivity contribution in [2.24, 2.45) is 16.7 Å². The molecule has 108 valence electrons. The third-order valence-corrected chi connectivity index (χ3v) is 6.43. The van der Waals surface area contributed by atoms with Gasteiger partial charge in [0.2, 0.25) is 0 Å². The summed E-state index contributed by atoms with van der Waals surface area (Å²) in [6.45, 7) is 18.8. The molecule has 2 unspecified atom stereocenters. The molecule has 1 aliphatic heterocycles. The van der Waals surface area contributed by atoms with Gasteiger partial charge in [-0.05, 0) is 36.5 Å². The molecular formula is C17H34O. The van der Waals surface area contributed by atoms with Gasteiger partial charge in [-0.3, -0.25) is 0 Å². The third kappa shape index (κ3) is 2.61. The Bertz CT molecular complexity index is 283. The Kier molecular flexibility index (Phi) is 4.58. The SMILES string of the molecule is CC[C@@H](C)[C@@](C)(CC)CC1OC1(C)C(C)(C)CC. The van der Waals surface area contributed by atoms with Gasteiger partial charge in [-0.1, -0.05) is 61.3 Å². The topological polar surface area (TPSA) is 12.5 Å². The molecule has 0 aliphatic carbocycles. The fourth-order valence-electron chi connectivity index (χ4n) is 3.05. The smallest absolute Gasteiger partial charge is 0.0971 e. The Morgan fingerprint density at radius 1 is 1.11 bits per heavy atom. The van der Waals surface area contributed by atoms with E-state index in [0.29, 0.717) is 16.9 Å². The molecule has 1 rings (SSSR count). The van der Waals surface area contributed by atoms with E-state index in [4.69, 9.17) is 4.74 Å². The van der Waals surface area contributed by atoms with Crippen LogP contribution in [0, 0.1) is 16.7 Å². The lowest BCUT2D eigenvalue weighted by Crippen LogP contribution is -2.34. The van der Waals surface area contributed by atoms with Crippen molar-refractivity contribution in [3.8, 4) is 0 Å². The van der Waals surface area contributed by atoms with E-state index < -0.39 is 0 Å². The van der Waals surface area contributed by atoms with E-state index in [0.717, 1.165) is 5.92 Å². The van der Waals surface area contributed by atoms with Crippen LogP contribution in [-0.4, -0.2) is 11.7 Å². The van der Waals surface area contributed by atoms with Gasteiger partial charge in [0.15, 0.2) is 0 Å². The van der Waals surface area contributed by atoms with Crippen LogP contribution in [0.3, 0.4) is 0 Å². The quantitative estimate of drug-likeness (QED) is 0.552. The molecule has 1 aliphatic rings. The van der Waals surface area contributed by atoms with Crippen LogP contribution in [0.5, 0.6) is 0 Å². The van der Waals surface area contributed by atoms with Crippen LogP contribution in [0.1, 0.15) is 81.1 Å². The van der Waals surface area contributed by atoms with E-state index in [2.05, 4.69) is 55.4 Å². The molecule has 0 bridgehead atoms. The minimum atomic E-state index is 0.103.